The first-order chi connectivity index (χ1) is 9.22. The maximum absolute atomic E-state index is 4.98. The quantitative estimate of drug-likeness (QED) is 0.763. The molecule has 0 bridgehead atoms. The number of aromatic nitrogens is 4. The van der Waals surface area contributed by atoms with Crippen molar-refractivity contribution in [3.63, 3.8) is 0 Å². The Morgan fingerprint density at radius 2 is 2.21 bits per heavy atom. The van der Waals surface area contributed by atoms with Crippen LogP contribution in [0.2, 0.25) is 0 Å². The van der Waals surface area contributed by atoms with Crippen LogP contribution in [0.4, 0.5) is 0 Å². The fraction of sp³-hybridized carbons (Fsp3) is 0.364. The molecule has 6 nitrogen and oxygen atoms in total. The molecule has 0 saturated carbocycles. The molecule has 0 unspecified atom stereocenters. The number of hydrogen-bond donors (Lipinski definition) is 1. The molecule has 1 aromatic heterocycles. The smallest absolute Gasteiger partial charge is 0.170 e. The highest BCUT2D eigenvalue weighted by molar-refractivity contribution is 9.11. The van der Waals surface area contributed by atoms with E-state index < -0.39 is 0 Å². The Balaban J connectivity index is 2.16. The maximum Gasteiger partial charge on any atom is 0.170 e. The molecule has 2 aromatic rings. The van der Waals surface area contributed by atoms with Crippen molar-refractivity contribution in [2.75, 3.05) is 20.3 Å². The highest BCUT2D eigenvalue weighted by atomic mass is 79.9. The van der Waals surface area contributed by atoms with E-state index in [-0.39, 0.29) is 0 Å². The highest BCUT2D eigenvalue weighted by Crippen LogP contribution is 2.24. The summed E-state index contributed by atoms with van der Waals surface area (Å²) >= 11 is 6.95. The number of hydrogen-bond acceptors (Lipinski definition) is 5. The van der Waals surface area contributed by atoms with Crippen molar-refractivity contribution >= 4 is 31.9 Å². The molecule has 0 saturated heterocycles. The van der Waals surface area contributed by atoms with Crippen LogP contribution in [0.15, 0.2) is 27.1 Å². The molecule has 1 aromatic carbocycles. The second-order valence-electron chi connectivity index (χ2n) is 3.77. The molecule has 0 amide bonds. The fourth-order valence-corrected chi connectivity index (χ4v) is 2.29. The van der Waals surface area contributed by atoms with E-state index in [1.54, 1.807) is 11.8 Å². The minimum Gasteiger partial charge on any atom is -0.383 e. The van der Waals surface area contributed by atoms with Gasteiger partial charge in [0.15, 0.2) is 5.82 Å². The van der Waals surface area contributed by atoms with Gasteiger partial charge in [0.05, 0.1) is 18.8 Å². The molecule has 0 radical (unpaired) electrons. The van der Waals surface area contributed by atoms with Crippen molar-refractivity contribution in [1.82, 2.24) is 25.5 Å². The summed E-state index contributed by atoms with van der Waals surface area (Å²) in [6, 6.07) is 5.86. The fourth-order valence-electron chi connectivity index (χ4n) is 1.53. The van der Waals surface area contributed by atoms with Crippen LogP contribution in [0.1, 0.15) is 5.82 Å². The van der Waals surface area contributed by atoms with E-state index >= 15 is 0 Å². The topological polar surface area (TPSA) is 64.9 Å². The van der Waals surface area contributed by atoms with Gasteiger partial charge in [-0.25, -0.2) is 0 Å². The lowest BCUT2D eigenvalue weighted by atomic mass is 10.3. The molecule has 2 rings (SSSR count). The van der Waals surface area contributed by atoms with Crippen molar-refractivity contribution in [1.29, 1.82) is 0 Å². The molecule has 19 heavy (non-hydrogen) atoms. The number of benzene rings is 1. The largest absolute Gasteiger partial charge is 0.383 e. The number of rotatable bonds is 6. The number of tetrazole rings is 1. The summed E-state index contributed by atoms with van der Waals surface area (Å²) in [7, 11) is 1.67. The number of nitrogens with zero attached hydrogens (tertiary/aromatic N) is 4. The molecule has 1 N–H and O–H groups in total. The first-order valence-corrected chi connectivity index (χ1v) is 7.23. The third kappa shape index (κ3) is 3.82. The van der Waals surface area contributed by atoms with Crippen LogP contribution in [0, 0.1) is 0 Å². The van der Waals surface area contributed by atoms with Crippen LogP contribution in [0.3, 0.4) is 0 Å². The maximum atomic E-state index is 4.98. The van der Waals surface area contributed by atoms with Crippen molar-refractivity contribution in [2.24, 2.45) is 0 Å². The molecule has 0 aliphatic heterocycles. The van der Waals surface area contributed by atoms with E-state index in [1.807, 2.05) is 18.2 Å². The van der Waals surface area contributed by atoms with Gasteiger partial charge in [0, 0.05) is 22.6 Å². The number of nitrogens with one attached hydrogen (secondary N) is 1. The second-order valence-corrected chi connectivity index (χ2v) is 5.54. The van der Waals surface area contributed by atoms with Gasteiger partial charge in [0.1, 0.15) is 0 Å². The summed E-state index contributed by atoms with van der Waals surface area (Å²) in [5, 5.41) is 15.0. The molecule has 0 fully saturated rings. The van der Waals surface area contributed by atoms with Crippen molar-refractivity contribution in [2.45, 2.75) is 6.54 Å². The minimum atomic E-state index is 0.579. The highest BCUT2D eigenvalue weighted by Gasteiger charge is 2.11. The minimum absolute atomic E-state index is 0.579. The summed E-state index contributed by atoms with van der Waals surface area (Å²) in [5.74, 6) is 0.745. The number of ether oxygens (including phenoxy) is 1. The molecule has 102 valence electrons. The van der Waals surface area contributed by atoms with E-state index in [0.717, 1.165) is 27.0 Å². The predicted octanol–water partition coefficient (Wildman–Crippen LogP) is 1.92. The zero-order valence-electron chi connectivity index (χ0n) is 10.3. The predicted molar refractivity (Wildman–Crippen MR) is 78.1 cm³/mol. The van der Waals surface area contributed by atoms with Crippen molar-refractivity contribution < 1.29 is 4.74 Å². The van der Waals surface area contributed by atoms with E-state index in [2.05, 4.69) is 52.7 Å². The van der Waals surface area contributed by atoms with Gasteiger partial charge >= 0.3 is 0 Å². The van der Waals surface area contributed by atoms with Crippen LogP contribution >= 0.6 is 31.9 Å². The Labute approximate surface area is 127 Å². The van der Waals surface area contributed by atoms with Gasteiger partial charge in [-0.2, -0.15) is 4.68 Å². The van der Waals surface area contributed by atoms with E-state index in [4.69, 9.17) is 4.74 Å². The van der Waals surface area contributed by atoms with E-state index in [9.17, 15) is 0 Å². The van der Waals surface area contributed by atoms with Gasteiger partial charge in [-0.1, -0.05) is 15.9 Å². The van der Waals surface area contributed by atoms with Crippen molar-refractivity contribution in [3.05, 3.63) is 33.0 Å². The molecular weight excluding hydrogens is 378 g/mol. The first-order valence-electron chi connectivity index (χ1n) is 5.64. The van der Waals surface area contributed by atoms with Crippen LogP contribution in [0.25, 0.3) is 5.69 Å². The molecule has 0 atom stereocenters. The van der Waals surface area contributed by atoms with Gasteiger partial charge in [-0.15, -0.1) is 5.10 Å². The van der Waals surface area contributed by atoms with E-state index in [0.29, 0.717) is 13.2 Å². The van der Waals surface area contributed by atoms with Gasteiger partial charge in [0.2, 0.25) is 0 Å². The Morgan fingerprint density at radius 3 is 3.00 bits per heavy atom. The molecule has 8 heteroatoms. The molecular formula is C11H13Br2N5O. The van der Waals surface area contributed by atoms with Crippen LogP contribution in [-0.2, 0) is 11.3 Å². The summed E-state index contributed by atoms with van der Waals surface area (Å²) in [5.41, 5.74) is 0.892. The Morgan fingerprint density at radius 1 is 1.37 bits per heavy atom. The van der Waals surface area contributed by atoms with Gasteiger partial charge in [-0.05, 0) is 44.6 Å². The lowest BCUT2D eigenvalue weighted by molar-refractivity contribution is 0.199. The van der Waals surface area contributed by atoms with Crippen molar-refractivity contribution in [3.8, 4) is 5.69 Å². The lowest BCUT2D eigenvalue weighted by Crippen LogP contribution is -2.21. The number of methoxy groups -OCH3 is 1. The van der Waals surface area contributed by atoms with Crippen LogP contribution in [-0.4, -0.2) is 40.5 Å². The third-order valence-electron chi connectivity index (χ3n) is 2.44. The normalized spacial score (nSPS) is 10.9. The average molecular weight is 391 g/mol. The molecule has 0 spiro atoms. The first kappa shape index (κ1) is 14.6. The standard InChI is InChI=1S/C11H13Br2N5O/c1-19-5-4-14-7-11-15-16-17-18(11)10-6-8(12)2-3-9(10)13/h2-3,6,14H,4-5,7H2,1H3. The summed E-state index contributed by atoms with van der Waals surface area (Å²) in [6.45, 7) is 1.99. The molecule has 0 aliphatic carbocycles. The van der Waals surface area contributed by atoms with Crippen LogP contribution in [0.5, 0.6) is 0 Å². The molecule has 1 heterocycles. The SMILES string of the molecule is COCCNCc1nnnn1-c1cc(Br)ccc1Br. The summed E-state index contributed by atoms with van der Waals surface area (Å²) < 4.78 is 8.58. The summed E-state index contributed by atoms with van der Waals surface area (Å²) in [4.78, 5) is 0. The van der Waals surface area contributed by atoms with Gasteiger partial charge in [0.25, 0.3) is 0 Å². The monoisotopic (exact) mass is 389 g/mol. The second kappa shape index (κ2) is 7.09. The zero-order valence-corrected chi connectivity index (χ0v) is 13.5. The Kier molecular flexibility index (Phi) is 5.44. The third-order valence-corrected chi connectivity index (χ3v) is 3.60. The van der Waals surface area contributed by atoms with E-state index in [1.165, 1.54) is 0 Å². The zero-order chi connectivity index (χ0) is 13.7. The Bertz CT molecular complexity index is 546. The molecule has 0 aliphatic rings. The average Bonchev–Trinajstić information content (AvgIpc) is 2.86. The Hall–Kier alpha value is -0.830. The lowest BCUT2D eigenvalue weighted by Gasteiger charge is -2.08. The van der Waals surface area contributed by atoms with Crippen LogP contribution < -0.4 is 5.32 Å². The van der Waals surface area contributed by atoms with Gasteiger partial charge in [-0.3, -0.25) is 0 Å². The summed E-state index contributed by atoms with van der Waals surface area (Å²) in [6.07, 6.45) is 0. The number of halogens is 2. The van der Waals surface area contributed by atoms with Gasteiger partial charge < -0.3 is 10.1 Å².